The van der Waals surface area contributed by atoms with Gasteiger partial charge in [-0.1, -0.05) is 34.1 Å². The van der Waals surface area contributed by atoms with E-state index in [1.165, 1.54) is 5.56 Å². The first-order valence-electron chi connectivity index (χ1n) is 6.02. The van der Waals surface area contributed by atoms with Crippen LogP contribution in [0.3, 0.4) is 0 Å². The molecule has 4 nitrogen and oxygen atoms in total. The smallest absolute Gasteiger partial charge is 0.188 e. The maximum absolute atomic E-state index is 5.81. The lowest BCUT2D eigenvalue weighted by Crippen LogP contribution is -2.34. The van der Waals surface area contributed by atoms with Crippen LogP contribution >= 0.6 is 15.9 Å². The maximum Gasteiger partial charge on any atom is 0.188 e. The van der Waals surface area contributed by atoms with E-state index in [4.69, 9.17) is 10.5 Å². The van der Waals surface area contributed by atoms with Crippen molar-refractivity contribution in [3.05, 3.63) is 34.3 Å². The summed E-state index contributed by atoms with van der Waals surface area (Å²) in [6.45, 7) is 1.20. The van der Waals surface area contributed by atoms with E-state index in [0.717, 1.165) is 10.9 Å². The van der Waals surface area contributed by atoms with Crippen LogP contribution in [0.25, 0.3) is 0 Å². The molecule has 1 saturated carbocycles. The summed E-state index contributed by atoms with van der Waals surface area (Å²) in [6.07, 6.45) is 1.10. The van der Waals surface area contributed by atoms with E-state index in [2.05, 4.69) is 44.4 Å². The van der Waals surface area contributed by atoms with Gasteiger partial charge in [-0.3, -0.25) is 4.99 Å². The zero-order chi connectivity index (χ0) is 13.0. The first-order valence-corrected chi connectivity index (χ1v) is 6.81. The van der Waals surface area contributed by atoms with E-state index in [-0.39, 0.29) is 0 Å². The predicted octanol–water partition coefficient (Wildman–Crippen LogP) is 1.86. The van der Waals surface area contributed by atoms with Crippen LogP contribution < -0.4 is 11.1 Å². The Balaban J connectivity index is 1.85. The molecule has 2 atom stereocenters. The number of methoxy groups -OCH3 is 1. The molecule has 1 aromatic carbocycles. The molecular formula is C13H18BrN3O. The van der Waals surface area contributed by atoms with Gasteiger partial charge in [-0.2, -0.15) is 0 Å². The molecule has 1 aromatic rings. The van der Waals surface area contributed by atoms with Crippen molar-refractivity contribution < 1.29 is 4.74 Å². The van der Waals surface area contributed by atoms with Crippen LogP contribution in [-0.4, -0.2) is 32.3 Å². The number of rotatable bonds is 5. The number of hydrogen-bond acceptors (Lipinski definition) is 2. The molecule has 98 valence electrons. The van der Waals surface area contributed by atoms with E-state index in [1.54, 1.807) is 7.11 Å². The lowest BCUT2D eigenvalue weighted by molar-refractivity contribution is 0.208. The third-order valence-corrected chi connectivity index (χ3v) is 3.73. The Morgan fingerprint density at radius 3 is 3.06 bits per heavy atom. The van der Waals surface area contributed by atoms with Gasteiger partial charge in [0.1, 0.15) is 0 Å². The van der Waals surface area contributed by atoms with Gasteiger partial charge in [0.05, 0.1) is 13.2 Å². The maximum atomic E-state index is 5.81. The quantitative estimate of drug-likeness (QED) is 0.496. The molecule has 0 heterocycles. The first kappa shape index (κ1) is 13.4. The molecule has 0 amide bonds. The summed E-state index contributed by atoms with van der Waals surface area (Å²) in [7, 11) is 1.66. The van der Waals surface area contributed by atoms with Crippen LogP contribution in [0.15, 0.2) is 33.7 Å². The second-order valence-corrected chi connectivity index (χ2v) is 5.23. The summed E-state index contributed by atoms with van der Waals surface area (Å²) >= 11 is 3.58. The third kappa shape index (κ3) is 3.46. The molecule has 1 aliphatic rings. The topological polar surface area (TPSA) is 59.6 Å². The zero-order valence-corrected chi connectivity index (χ0v) is 12.0. The molecule has 18 heavy (non-hydrogen) atoms. The molecule has 0 radical (unpaired) electrons. The van der Waals surface area contributed by atoms with Crippen molar-refractivity contribution >= 4 is 21.9 Å². The number of halogens is 1. The van der Waals surface area contributed by atoms with Crippen molar-refractivity contribution in [3.8, 4) is 0 Å². The predicted molar refractivity (Wildman–Crippen MR) is 76.8 cm³/mol. The highest BCUT2D eigenvalue weighted by atomic mass is 79.9. The summed E-state index contributed by atoms with van der Waals surface area (Å²) in [4.78, 5) is 4.19. The zero-order valence-electron chi connectivity index (χ0n) is 10.4. The van der Waals surface area contributed by atoms with Gasteiger partial charge in [-0.15, -0.1) is 0 Å². The van der Waals surface area contributed by atoms with Crippen LogP contribution in [0.4, 0.5) is 0 Å². The minimum Gasteiger partial charge on any atom is -0.383 e. The Morgan fingerprint density at radius 1 is 1.56 bits per heavy atom. The minimum absolute atomic E-state index is 0.398. The van der Waals surface area contributed by atoms with Crippen LogP contribution in [-0.2, 0) is 4.74 Å². The lowest BCUT2D eigenvalue weighted by atomic mass is 10.1. The van der Waals surface area contributed by atoms with Crippen molar-refractivity contribution in [3.63, 3.8) is 0 Å². The molecule has 2 rings (SSSR count). The Kier molecular flexibility index (Phi) is 4.60. The summed E-state index contributed by atoms with van der Waals surface area (Å²) in [6, 6.07) is 8.70. The molecule has 1 fully saturated rings. The molecule has 0 spiro atoms. The van der Waals surface area contributed by atoms with E-state index in [9.17, 15) is 0 Å². The number of hydrogen-bond donors (Lipinski definition) is 2. The van der Waals surface area contributed by atoms with E-state index in [0.29, 0.717) is 31.1 Å². The molecule has 0 unspecified atom stereocenters. The van der Waals surface area contributed by atoms with Gasteiger partial charge >= 0.3 is 0 Å². The number of nitrogens with two attached hydrogens (primary N) is 1. The molecule has 0 bridgehead atoms. The lowest BCUT2D eigenvalue weighted by Gasteiger charge is -2.06. The fourth-order valence-corrected chi connectivity index (χ4v) is 2.55. The number of ether oxygens (including phenoxy) is 1. The van der Waals surface area contributed by atoms with Crippen LogP contribution in [0.2, 0.25) is 0 Å². The third-order valence-electron chi connectivity index (χ3n) is 3.01. The van der Waals surface area contributed by atoms with Gasteiger partial charge in [-0.05, 0) is 18.1 Å². The molecule has 0 saturated heterocycles. The first-order chi connectivity index (χ1) is 8.72. The second-order valence-electron chi connectivity index (χ2n) is 4.37. The molecule has 3 N–H and O–H groups in total. The standard InChI is InChI=1S/C13H18BrN3O/c1-18-7-6-16-13(15)17-12-8-10(12)9-4-2-3-5-11(9)14/h2-5,10,12H,6-8H2,1H3,(H3,15,16,17)/t10-,12+/m0/s1. The average Bonchev–Trinajstić information content (AvgIpc) is 3.09. The highest BCUT2D eigenvalue weighted by Gasteiger charge is 2.39. The van der Waals surface area contributed by atoms with Crippen LogP contribution in [0.1, 0.15) is 17.9 Å². The molecule has 0 aliphatic heterocycles. The Morgan fingerprint density at radius 2 is 2.33 bits per heavy atom. The number of aliphatic imine (C=N–C) groups is 1. The van der Waals surface area contributed by atoms with Crippen molar-refractivity contribution in [2.24, 2.45) is 10.7 Å². The number of nitrogens with one attached hydrogen (secondary N) is 1. The normalized spacial score (nSPS) is 22.9. The van der Waals surface area contributed by atoms with E-state index >= 15 is 0 Å². The highest BCUT2D eigenvalue weighted by molar-refractivity contribution is 9.10. The Hall–Kier alpha value is -1.07. The van der Waals surface area contributed by atoms with Gasteiger partial charge in [0, 0.05) is 23.5 Å². The molecule has 1 aliphatic carbocycles. The van der Waals surface area contributed by atoms with E-state index < -0.39 is 0 Å². The largest absolute Gasteiger partial charge is 0.383 e. The molecule has 5 heteroatoms. The van der Waals surface area contributed by atoms with Gasteiger partial charge in [0.15, 0.2) is 5.96 Å². The van der Waals surface area contributed by atoms with Gasteiger partial charge in [0.2, 0.25) is 0 Å². The Bertz CT molecular complexity index is 436. The second kappa shape index (κ2) is 6.20. The minimum atomic E-state index is 0.398. The van der Waals surface area contributed by atoms with Crippen molar-refractivity contribution in [1.29, 1.82) is 0 Å². The summed E-state index contributed by atoms with van der Waals surface area (Å²) in [5.74, 6) is 1.03. The van der Waals surface area contributed by atoms with Gasteiger partial charge in [0.25, 0.3) is 0 Å². The van der Waals surface area contributed by atoms with E-state index in [1.807, 2.05) is 6.07 Å². The van der Waals surface area contributed by atoms with Crippen molar-refractivity contribution in [2.75, 3.05) is 20.3 Å². The van der Waals surface area contributed by atoms with Crippen molar-refractivity contribution in [1.82, 2.24) is 5.32 Å². The monoisotopic (exact) mass is 311 g/mol. The highest BCUT2D eigenvalue weighted by Crippen LogP contribution is 2.43. The fourth-order valence-electron chi connectivity index (χ4n) is 1.97. The van der Waals surface area contributed by atoms with Crippen LogP contribution in [0.5, 0.6) is 0 Å². The Labute approximate surface area is 116 Å². The average molecular weight is 312 g/mol. The fraction of sp³-hybridized carbons (Fsp3) is 0.462. The number of nitrogens with zero attached hydrogens (tertiary/aromatic N) is 1. The number of guanidine groups is 1. The van der Waals surface area contributed by atoms with Crippen molar-refractivity contribution in [2.45, 2.75) is 18.4 Å². The molecule has 0 aromatic heterocycles. The summed E-state index contributed by atoms with van der Waals surface area (Å²) < 4.78 is 6.08. The van der Waals surface area contributed by atoms with Gasteiger partial charge < -0.3 is 15.8 Å². The summed E-state index contributed by atoms with van der Waals surface area (Å²) in [5.41, 5.74) is 7.14. The number of benzene rings is 1. The van der Waals surface area contributed by atoms with Gasteiger partial charge in [-0.25, -0.2) is 0 Å². The summed E-state index contributed by atoms with van der Waals surface area (Å²) in [5, 5.41) is 3.24. The molecular weight excluding hydrogens is 294 g/mol. The van der Waals surface area contributed by atoms with Crippen LogP contribution in [0, 0.1) is 0 Å². The SMILES string of the molecule is COCCN=C(N)N[C@@H]1C[C@H]1c1ccccc1Br.